The van der Waals surface area contributed by atoms with E-state index in [9.17, 15) is 9.59 Å². The van der Waals surface area contributed by atoms with Gasteiger partial charge in [0, 0.05) is 18.3 Å². The minimum atomic E-state index is -1.02. The summed E-state index contributed by atoms with van der Waals surface area (Å²) in [6, 6.07) is 8.28. The largest absolute Gasteiger partial charge is 0.476 e. The number of carbonyl (C=O) groups excluding carboxylic acids is 1. The van der Waals surface area contributed by atoms with Crippen LogP contribution in [-0.2, 0) is 16.6 Å². The van der Waals surface area contributed by atoms with E-state index in [-0.39, 0.29) is 11.6 Å². The Balaban J connectivity index is 1.69. The molecule has 1 aliphatic carbocycles. The first-order valence-electron chi connectivity index (χ1n) is 9.04. The van der Waals surface area contributed by atoms with E-state index in [1.165, 1.54) is 28.7 Å². The van der Waals surface area contributed by atoms with Crippen molar-refractivity contribution in [2.45, 2.75) is 50.9 Å². The molecule has 1 heterocycles. The van der Waals surface area contributed by atoms with E-state index >= 15 is 0 Å². The Kier molecular flexibility index (Phi) is 5.71. The molecule has 1 aliphatic rings. The van der Waals surface area contributed by atoms with Crippen molar-refractivity contribution >= 4 is 23.2 Å². The number of aromatic nitrogens is 1. The second kappa shape index (κ2) is 7.99. The van der Waals surface area contributed by atoms with Crippen LogP contribution < -0.4 is 5.32 Å². The van der Waals surface area contributed by atoms with E-state index in [0.717, 1.165) is 36.3 Å². The second-order valence-corrected chi connectivity index (χ2v) is 7.89. The van der Waals surface area contributed by atoms with E-state index in [1.54, 1.807) is 0 Å². The van der Waals surface area contributed by atoms with Crippen LogP contribution in [0.4, 0.5) is 0 Å². The maximum Gasteiger partial charge on any atom is 0.355 e. The number of hydrogen-bond acceptors (Lipinski definition) is 4. The SMILES string of the molecule is Cc1cccc(C2(C(=O)NCCc3nc(C(=O)O)cs3)CCCCC2)c1. The van der Waals surface area contributed by atoms with Gasteiger partial charge in [-0.25, -0.2) is 9.78 Å². The van der Waals surface area contributed by atoms with Crippen molar-refractivity contribution < 1.29 is 14.7 Å². The van der Waals surface area contributed by atoms with Crippen molar-refractivity contribution in [3.05, 3.63) is 51.5 Å². The van der Waals surface area contributed by atoms with E-state index in [2.05, 4.69) is 35.4 Å². The van der Waals surface area contributed by atoms with Gasteiger partial charge in [0.15, 0.2) is 5.69 Å². The predicted octanol–water partition coefficient (Wildman–Crippen LogP) is 3.71. The van der Waals surface area contributed by atoms with Gasteiger partial charge >= 0.3 is 5.97 Å². The van der Waals surface area contributed by atoms with Crippen molar-refractivity contribution in [1.82, 2.24) is 10.3 Å². The number of aromatic carboxylic acids is 1. The summed E-state index contributed by atoms with van der Waals surface area (Å²) < 4.78 is 0. The van der Waals surface area contributed by atoms with Crippen LogP contribution >= 0.6 is 11.3 Å². The third-order valence-electron chi connectivity index (χ3n) is 5.11. The summed E-state index contributed by atoms with van der Waals surface area (Å²) in [7, 11) is 0. The van der Waals surface area contributed by atoms with Gasteiger partial charge in [-0.3, -0.25) is 4.79 Å². The molecule has 1 amide bonds. The van der Waals surface area contributed by atoms with Crippen LogP contribution in [0.1, 0.15) is 58.7 Å². The minimum Gasteiger partial charge on any atom is -0.476 e. The molecule has 1 aromatic heterocycles. The van der Waals surface area contributed by atoms with E-state index in [1.807, 2.05) is 6.07 Å². The van der Waals surface area contributed by atoms with E-state index in [0.29, 0.717) is 13.0 Å². The van der Waals surface area contributed by atoms with E-state index < -0.39 is 11.4 Å². The topological polar surface area (TPSA) is 79.3 Å². The summed E-state index contributed by atoms with van der Waals surface area (Å²) >= 11 is 1.32. The highest BCUT2D eigenvalue weighted by molar-refractivity contribution is 7.09. The summed E-state index contributed by atoms with van der Waals surface area (Å²) in [6.07, 6.45) is 5.61. The van der Waals surface area contributed by atoms with Gasteiger partial charge in [-0.15, -0.1) is 11.3 Å². The van der Waals surface area contributed by atoms with Crippen LogP contribution in [0.3, 0.4) is 0 Å². The molecule has 0 saturated heterocycles. The fourth-order valence-electron chi connectivity index (χ4n) is 3.72. The molecule has 2 aromatic rings. The molecule has 0 bridgehead atoms. The lowest BCUT2D eigenvalue weighted by Crippen LogP contribution is -2.46. The molecular weight excluding hydrogens is 348 g/mol. The minimum absolute atomic E-state index is 0.0693. The van der Waals surface area contributed by atoms with Crippen LogP contribution in [0.2, 0.25) is 0 Å². The normalized spacial score (nSPS) is 16.2. The number of carbonyl (C=O) groups is 2. The highest BCUT2D eigenvalue weighted by Crippen LogP contribution is 2.40. The predicted molar refractivity (Wildman–Crippen MR) is 102 cm³/mol. The quantitative estimate of drug-likeness (QED) is 0.810. The lowest BCUT2D eigenvalue weighted by molar-refractivity contribution is -0.128. The van der Waals surface area contributed by atoms with Gasteiger partial charge < -0.3 is 10.4 Å². The summed E-state index contributed by atoms with van der Waals surface area (Å²) in [5.74, 6) is -0.935. The van der Waals surface area contributed by atoms with Gasteiger partial charge in [0.2, 0.25) is 5.91 Å². The molecule has 3 rings (SSSR count). The maximum atomic E-state index is 13.1. The van der Waals surface area contributed by atoms with E-state index in [4.69, 9.17) is 5.11 Å². The number of amides is 1. The lowest BCUT2D eigenvalue weighted by Gasteiger charge is -2.36. The zero-order chi connectivity index (χ0) is 18.6. The van der Waals surface area contributed by atoms with Gasteiger partial charge in [-0.2, -0.15) is 0 Å². The molecule has 2 N–H and O–H groups in total. The fraction of sp³-hybridized carbons (Fsp3) is 0.450. The van der Waals surface area contributed by atoms with Gasteiger partial charge in [-0.1, -0.05) is 49.1 Å². The summed E-state index contributed by atoms with van der Waals surface area (Å²) in [4.78, 5) is 28.1. The molecule has 138 valence electrons. The van der Waals surface area contributed by atoms with Gasteiger partial charge in [0.1, 0.15) is 0 Å². The highest BCUT2D eigenvalue weighted by atomic mass is 32.1. The summed E-state index contributed by atoms with van der Waals surface area (Å²) in [5.41, 5.74) is 1.90. The van der Waals surface area contributed by atoms with Crippen LogP contribution in [0.15, 0.2) is 29.6 Å². The number of rotatable bonds is 6. The number of nitrogens with zero attached hydrogens (tertiary/aromatic N) is 1. The maximum absolute atomic E-state index is 13.1. The first kappa shape index (κ1) is 18.6. The molecule has 1 fully saturated rings. The Morgan fingerprint density at radius 1 is 1.27 bits per heavy atom. The number of aryl methyl sites for hydroxylation is 1. The Morgan fingerprint density at radius 3 is 2.69 bits per heavy atom. The average Bonchev–Trinajstić information content (AvgIpc) is 3.11. The molecule has 0 radical (unpaired) electrons. The zero-order valence-corrected chi connectivity index (χ0v) is 15.8. The van der Waals surface area contributed by atoms with Crippen LogP contribution in [0, 0.1) is 6.92 Å². The number of thiazole rings is 1. The average molecular weight is 372 g/mol. The molecule has 0 atom stereocenters. The first-order chi connectivity index (χ1) is 12.5. The van der Waals surface area contributed by atoms with Crippen LogP contribution in [0.5, 0.6) is 0 Å². The molecule has 0 unspecified atom stereocenters. The third kappa shape index (κ3) is 3.96. The number of benzene rings is 1. The monoisotopic (exact) mass is 372 g/mol. The molecule has 1 aromatic carbocycles. The second-order valence-electron chi connectivity index (χ2n) is 6.95. The number of hydrogen-bond donors (Lipinski definition) is 2. The molecule has 0 aliphatic heterocycles. The molecule has 1 saturated carbocycles. The first-order valence-corrected chi connectivity index (χ1v) is 9.92. The van der Waals surface area contributed by atoms with Crippen molar-refractivity contribution in [2.75, 3.05) is 6.54 Å². The molecule has 0 spiro atoms. The molecule has 6 heteroatoms. The number of nitrogens with one attached hydrogen (secondary N) is 1. The standard InChI is InChI=1S/C20H24N2O3S/c1-14-6-5-7-15(12-14)20(9-3-2-4-10-20)19(25)21-11-8-17-22-16(13-26-17)18(23)24/h5-7,12-13H,2-4,8-11H2,1H3,(H,21,25)(H,23,24). The van der Waals surface area contributed by atoms with Gasteiger partial charge in [0.05, 0.1) is 10.4 Å². The number of carboxylic acids is 1. The summed E-state index contributed by atoms with van der Waals surface area (Å²) in [6.45, 7) is 2.53. The fourth-order valence-corrected chi connectivity index (χ4v) is 4.49. The van der Waals surface area contributed by atoms with Crippen molar-refractivity contribution in [3.8, 4) is 0 Å². The Labute approximate surface area is 157 Å². The zero-order valence-electron chi connectivity index (χ0n) is 15.0. The highest BCUT2D eigenvalue weighted by Gasteiger charge is 2.40. The Morgan fingerprint density at radius 2 is 2.04 bits per heavy atom. The lowest BCUT2D eigenvalue weighted by atomic mass is 9.68. The van der Waals surface area contributed by atoms with Gasteiger partial charge in [-0.05, 0) is 25.3 Å². The molecule has 26 heavy (non-hydrogen) atoms. The van der Waals surface area contributed by atoms with Gasteiger partial charge in [0.25, 0.3) is 0 Å². The van der Waals surface area contributed by atoms with Crippen molar-refractivity contribution in [2.24, 2.45) is 0 Å². The van der Waals surface area contributed by atoms with Crippen molar-refractivity contribution in [3.63, 3.8) is 0 Å². The smallest absolute Gasteiger partial charge is 0.355 e. The molecular formula is C20H24N2O3S. The number of carboxylic acid groups (broad SMARTS) is 1. The molecule has 5 nitrogen and oxygen atoms in total. The Hall–Kier alpha value is -2.21. The summed E-state index contributed by atoms with van der Waals surface area (Å²) in [5, 5.41) is 14.3. The Bertz CT molecular complexity index is 794. The van der Waals surface area contributed by atoms with Crippen LogP contribution in [-0.4, -0.2) is 28.5 Å². The van der Waals surface area contributed by atoms with Crippen LogP contribution in [0.25, 0.3) is 0 Å². The van der Waals surface area contributed by atoms with Crippen molar-refractivity contribution in [1.29, 1.82) is 0 Å². The third-order valence-corrected chi connectivity index (χ3v) is 6.02.